The van der Waals surface area contributed by atoms with Crippen molar-refractivity contribution >= 4 is 17.5 Å². The van der Waals surface area contributed by atoms with Crippen LogP contribution in [0, 0.1) is 0 Å². The molecule has 0 bridgehead atoms. The molecule has 0 saturated heterocycles. The number of rotatable bonds is 4. The summed E-state index contributed by atoms with van der Waals surface area (Å²) in [5.41, 5.74) is 8.92. The van der Waals surface area contributed by atoms with Crippen LogP contribution in [0.2, 0.25) is 5.02 Å². The maximum absolute atomic E-state index is 11.8. The van der Waals surface area contributed by atoms with E-state index in [1.807, 2.05) is 48.5 Å². The zero-order chi connectivity index (χ0) is 14.8. The number of benzene rings is 2. The number of hydrogen-bond acceptors (Lipinski definition) is 2. The fraction of sp³-hybridized carbons (Fsp3) is 0.235. The van der Waals surface area contributed by atoms with Crippen molar-refractivity contribution in [2.45, 2.75) is 24.9 Å². The molecule has 0 aromatic heterocycles. The molecule has 108 valence electrons. The van der Waals surface area contributed by atoms with Crippen molar-refractivity contribution in [1.29, 1.82) is 0 Å². The van der Waals surface area contributed by atoms with Gasteiger partial charge in [-0.1, -0.05) is 48.0 Å². The minimum absolute atomic E-state index is 0.134. The Labute approximate surface area is 129 Å². The Bertz CT molecular complexity index is 657. The standard InChI is InChI=1S/C17H17ClN2O/c18-13-7-8-14-12(10-13)6-9-15(14)20-16(17(19)21)11-4-2-1-3-5-11/h1-5,7-8,10,15-16,20H,6,9H2,(H2,19,21)/t15-,16-/m1/s1. The molecule has 0 saturated carbocycles. The highest BCUT2D eigenvalue weighted by molar-refractivity contribution is 6.30. The first-order valence-corrected chi connectivity index (χ1v) is 7.41. The molecule has 4 heteroatoms. The molecule has 2 aromatic rings. The van der Waals surface area contributed by atoms with E-state index in [2.05, 4.69) is 5.32 Å². The molecule has 2 atom stereocenters. The van der Waals surface area contributed by atoms with E-state index in [-0.39, 0.29) is 11.9 Å². The van der Waals surface area contributed by atoms with Gasteiger partial charge in [0.2, 0.25) is 5.91 Å². The zero-order valence-electron chi connectivity index (χ0n) is 11.6. The molecule has 0 heterocycles. The fourth-order valence-electron chi connectivity index (χ4n) is 2.95. The average Bonchev–Trinajstić information content (AvgIpc) is 2.87. The maximum atomic E-state index is 11.8. The number of carbonyl (C=O) groups is 1. The molecule has 2 aromatic carbocycles. The van der Waals surface area contributed by atoms with Crippen LogP contribution in [0.3, 0.4) is 0 Å². The van der Waals surface area contributed by atoms with E-state index in [1.54, 1.807) is 0 Å². The van der Waals surface area contributed by atoms with Gasteiger partial charge in [-0.15, -0.1) is 0 Å². The summed E-state index contributed by atoms with van der Waals surface area (Å²) in [5.74, 6) is -0.358. The van der Waals surface area contributed by atoms with Crippen molar-refractivity contribution in [1.82, 2.24) is 5.32 Å². The number of amides is 1. The minimum atomic E-state index is -0.474. The third-order valence-electron chi connectivity index (χ3n) is 3.97. The Hall–Kier alpha value is -1.84. The van der Waals surface area contributed by atoms with Crippen LogP contribution in [0.1, 0.15) is 35.2 Å². The molecule has 3 rings (SSSR count). The summed E-state index contributed by atoms with van der Waals surface area (Å²) in [4.78, 5) is 11.8. The quantitative estimate of drug-likeness (QED) is 0.911. The van der Waals surface area contributed by atoms with Crippen molar-refractivity contribution in [2.75, 3.05) is 0 Å². The third-order valence-corrected chi connectivity index (χ3v) is 4.20. The largest absolute Gasteiger partial charge is 0.368 e. The fourth-order valence-corrected chi connectivity index (χ4v) is 3.14. The van der Waals surface area contributed by atoms with Crippen LogP contribution in [0.4, 0.5) is 0 Å². The summed E-state index contributed by atoms with van der Waals surface area (Å²) in [6.07, 6.45) is 1.92. The molecule has 1 aliphatic carbocycles. The van der Waals surface area contributed by atoms with Crippen molar-refractivity contribution in [2.24, 2.45) is 5.73 Å². The summed E-state index contributed by atoms with van der Waals surface area (Å²) >= 11 is 6.03. The maximum Gasteiger partial charge on any atom is 0.239 e. The summed E-state index contributed by atoms with van der Waals surface area (Å²) in [6.45, 7) is 0. The Balaban J connectivity index is 1.85. The van der Waals surface area contributed by atoms with Crippen LogP contribution in [-0.4, -0.2) is 5.91 Å². The monoisotopic (exact) mass is 300 g/mol. The Morgan fingerprint density at radius 2 is 2.00 bits per heavy atom. The minimum Gasteiger partial charge on any atom is -0.368 e. The van der Waals surface area contributed by atoms with Crippen molar-refractivity contribution < 1.29 is 4.79 Å². The van der Waals surface area contributed by atoms with E-state index in [9.17, 15) is 4.79 Å². The third kappa shape index (κ3) is 2.94. The highest BCUT2D eigenvalue weighted by Crippen LogP contribution is 2.34. The van der Waals surface area contributed by atoms with Gasteiger partial charge in [-0.05, 0) is 41.7 Å². The summed E-state index contributed by atoms with van der Waals surface area (Å²) in [5, 5.41) is 4.14. The Kier molecular flexibility index (Phi) is 3.95. The zero-order valence-corrected chi connectivity index (χ0v) is 12.3. The molecule has 1 amide bonds. The van der Waals surface area contributed by atoms with E-state index in [0.29, 0.717) is 0 Å². The van der Waals surface area contributed by atoms with Gasteiger partial charge in [-0.3, -0.25) is 10.1 Å². The van der Waals surface area contributed by atoms with E-state index in [1.165, 1.54) is 11.1 Å². The smallest absolute Gasteiger partial charge is 0.239 e. The van der Waals surface area contributed by atoms with Gasteiger partial charge in [-0.2, -0.15) is 0 Å². The molecule has 3 nitrogen and oxygen atoms in total. The van der Waals surface area contributed by atoms with E-state index >= 15 is 0 Å². The first-order valence-electron chi connectivity index (χ1n) is 7.04. The van der Waals surface area contributed by atoms with Crippen LogP contribution in [0.5, 0.6) is 0 Å². The van der Waals surface area contributed by atoms with Crippen LogP contribution in [-0.2, 0) is 11.2 Å². The number of aryl methyl sites for hydroxylation is 1. The van der Waals surface area contributed by atoms with Gasteiger partial charge < -0.3 is 5.73 Å². The lowest BCUT2D eigenvalue weighted by Crippen LogP contribution is -2.35. The molecule has 21 heavy (non-hydrogen) atoms. The molecule has 0 radical (unpaired) electrons. The van der Waals surface area contributed by atoms with Gasteiger partial charge in [0, 0.05) is 11.1 Å². The highest BCUT2D eigenvalue weighted by atomic mass is 35.5. The number of fused-ring (bicyclic) bond motifs is 1. The number of halogens is 1. The predicted octanol–water partition coefficient (Wildman–Crippen LogP) is 3.14. The molecule has 3 N–H and O–H groups in total. The van der Waals surface area contributed by atoms with Crippen LogP contribution in [0.15, 0.2) is 48.5 Å². The molecule has 0 spiro atoms. The van der Waals surface area contributed by atoms with Gasteiger partial charge in [-0.25, -0.2) is 0 Å². The summed E-state index contributed by atoms with van der Waals surface area (Å²) < 4.78 is 0. The van der Waals surface area contributed by atoms with E-state index in [4.69, 9.17) is 17.3 Å². The number of primary amides is 1. The van der Waals surface area contributed by atoms with Gasteiger partial charge in [0.1, 0.15) is 6.04 Å². The van der Waals surface area contributed by atoms with Crippen molar-refractivity contribution in [3.8, 4) is 0 Å². The Morgan fingerprint density at radius 1 is 1.24 bits per heavy atom. The second-order valence-electron chi connectivity index (χ2n) is 5.35. The second-order valence-corrected chi connectivity index (χ2v) is 5.78. The molecular formula is C17H17ClN2O. The lowest BCUT2D eigenvalue weighted by atomic mass is 10.0. The van der Waals surface area contributed by atoms with Gasteiger partial charge >= 0.3 is 0 Å². The number of hydrogen-bond donors (Lipinski definition) is 2. The van der Waals surface area contributed by atoms with Gasteiger partial charge in [0.15, 0.2) is 0 Å². The molecule has 0 fully saturated rings. The highest BCUT2D eigenvalue weighted by Gasteiger charge is 2.27. The van der Waals surface area contributed by atoms with Crippen LogP contribution >= 0.6 is 11.6 Å². The molecule has 1 aliphatic rings. The first-order chi connectivity index (χ1) is 10.1. The number of carbonyl (C=O) groups excluding carboxylic acids is 1. The molecule has 0 aliphatic heterocycles. The lowest BCUT2D eigenvalue weighted by Gasteiger charge is -2.21. The van der Waals surface area contributed by atoms with E-state index < -0.39 is 6.04 Å². The first kappa shape index (κ1) is 14.1. The van der Waals surface area contributed by atoms with Gasteiger partial charge in [0.05, 0.1) is 0 Å². The normalized spacial score (nSPS) is 18.2. The topological polar surface area (TPSA) is 55.1 Å². The van der Waals surface area contributed by atoms with Gasteiger partial charge in [0.25, 0.3) is 0 Å². The van der Waals surface area contributed by atoms with Crippen molar-refractivity contribution in [3.63, 3.8) is 0 Å². The lowest BCUT2D eigenvalue weighted by molar-refractivity contribution is -0.120. The summed E-state index contributed by atoms with van der Waals surface area (Å²) in [6, 6.07) is 15.2. The second kappa shape index (κ2) is 5.88. The SMILES string of the molecule is NC(=O)[C@H](N[C@@H]1CCc2cc(Cl)ccc21)c1ccccc1. The van der Waals surface area contributed by atoms with E-state index in [0.717, 1.165) is 23.4 Å². The average molecular weight is 301 g/mol. The number of nitrogens with one attached hydrogen (secondary N) is 1. The predicted molar refractivity (Wildman–Crippen MR) is 84.0 cm³/mol. The molecule has 0 unspecified atom stereocenters. The van der Waals surface area contributed by atoms with Crippen LogP contribution in [0.25, 0.3) is 0 Å². The molecular weight excluding hydrogens is 284 g/mol. The van der Waals surface area contributed by atoms with Crippen LogP contribution < -0.4 is 11.1 Å². The van der Waals surface area contributed by atoms with Crippen molar-refractivity contribution in [3.05, 3.63) is 70.2 Å². The number of nitrogens with two attached hydrogens (primary N) is 1. The summed E-state index contributed by atoms with van der Waals surface area (Å²) in [7, 11) is 0. The Morgan fingerprint density at radius 3 is 2.71 bits per heavy atom.